The molecule has 3 aromatic rings. The molecule has 3 heterocycles. The highest BCUT2D eigenvalue weighted by Gasteiger charge is 2.27. The van der Waals surface area contributed by atoms with Gasteiger partial charge in [0.05, 0.1) is 17.4 Å². The van der Waals surface area contributed by atoms with E-state index in [9.17, 15) is 9.59 Å². The van der Waals surface area contributed by atoms with Crippen molar-refractivity contribution in [2.24, 2.45) is 0 Å². The second-order valence-electron chi connectivity index (χ2n) is 7.28. The molecule has 0 atom stereocenters. The Balaban J connectivity index is 1.42. The SMILES string of the molecule is CCn1cc(C(=O)N2CCC(NC(=O)c3ccoc3C)CC2)c2ccccc21. The lowest BCUT2D eigenvalue weighted by Crippen LogP contribution is -2.46. The lowest BCUT2D eigenvalue weighted by atomic mass is 10.0. The molecule has 6 nitrogen and oxygen atoms in total. The normalized spacial score (nSPS) is 15.1. The van der Waals surface area contributed by atoms with Crippen molar-refractivity contribution in [1.82, 2.24) is 14.8 Å². The van der Waals surface area contributed by atoms with Gasteiger partial charge in [-0.05, 0) is 38.8 Å². The fraction of sp³-hybridized carbons (Fsp3) is 0.364. The van der Waals surface area contributed by atoms with Crippen LogP contribution in [0.3, 0.4) is 0 Å². The number of benzene rings is 1. The van der Waals surface area contributed by atoms with Crippen LogP contribution in [0.5, 0.6) is 0 Å². The van der Waals surface area contributed by atoms with Crippen LogP contribution in [0, 0.1) is 6.92 Å². The number of furan rings is 1. The monoisotopic (exact) mass is 379 g/mol. The molecule has 146 valence electrons. The van der Waals surface area contributed by atoms with Crippen molar-refractivity contribution in [3.8, 4) is 0 Å². The summed E-state index contributed by atoms with van der Waals surface area (Å²) < 4.78 is 7.32. The number of aromatic nitrogens is 1. The summed E-state index contributed by atoms with van der Waals surface area (Å²) >= 11 is 0. The maximum absolute atomic E-state index is 13.1. The Kier molecular flexibility index (Phi) is 4.94. The number of piperidine rings is 1. The molecule has 0 radical (unpaired) electrons. The number of carbonyl (C=O) groups excluding carboxylic acids is 2. The van der Waals surface area contributed by atoms with Crippen molar-refractivity contribution >= 4 is 22.7 Å². The highest BCUT2D eigenvalue weighted by Crippen LogP contribution is 2.24. The predicted molar refractivity (Wildman–Crippen MR) is 107 cm³/mol. The minimum Gasteiger partial charge on any atom is -0.469 e. The summed E-state index contributed by atoms with van der Waals surface area (Å²) in [7, 11) is 0. The van der Waals surface area contributed by atoms with E-state index >= 15 is 0 Å². The average molecular weight is 379 g/mol. The van der Waals surface area contributed by atoms with Gasteiger partial charge in [-0.15, -0.1) is 0 Å². The van der Waals surface area contributed by atoms with E-state index in [2.05, 4.69) is 22.9 Å². The van der Waals surface area contributed by atoms with Crippen LogP contribution in [-0.2, 0) is 6.54 Å². The molecule has 1 aliphatic rings. The standard InChI is InChI=1S/C22H25N3O3/c1-3-24-14-19(18-6-4-5-7-20(18)24)22(27)25-11-8-16(9-12-25)23-21(26)17-10-13-28-15(17)2/h4-7,10,13-14,16H,3,8-9,11-12H2,1-2H3,(H,23,26). The minimum absolute atomic E-state index is 0.0684. The summed E-state index contributed by atoms with van der Waals surface area (Å²) in [5.41, 5.74) is 2.42. The molecule has 1 saturated heterocycles. The summed E-state index contributed by atoms with van der Waals surface area (Å²) in [6, 6.07) is 9.79. The molecule has 1 aliphatic heterocycles. The molecule has 0 spiro atoms. The van der Waals surface area contributed by atoms with E-state index < -0.39 is 0 Å². The van der Waals surface area contributed by atoms with E-state index in [0.29, 0.717) is 24.4 Å². The predicted octanol–water partition coefficient (Wildman–Crippen LogP) is 3.60. The van der Waals surface area contributed by atoms with Crippen molar-refractivity contribution in [1.29, 1.82) is 0 Å². The second kappa shape index (κ2) is 7.54. The highest BCUT2D eigenvalue weighted by molar-refractivity contribution is 6.07. The van der Waals surface area contributed by atoms with E-state index in [-0.39, 0.29) is 17.9 Å². The Morgan fingerprint density at radius 1 is 1.14 bits per heavy atom. The number of hydrogen-bond acceptors (Lipinski definition) is 3. The number of fused-ring (bicyclic) bond motifs is 1. The minimum atomic E-state index is -0.109. The molecule has 0 aliphatic carbocycles. The molecule has 28 heavy (non-hydrogen) atoms. The zero-order chi connectivity index (χ0) is 19.7. The largest absolute Gasteiger partial charge is 0.469 e. The molecule has 0 unspecified atom stereocenters. The first-order valence-electron chi connectivity index (χ1n) is 9.80. The van der Waals surface area contributed by atoms with Gasteiger partial charge in [0.25, 0.3) is 11.8 Å². The molecular weight excluding hydrogens is 354 g/mol. The number of nitrogens with one attached hydrogen (secondary N) is 1. The van der Waals surface area contributed by atoms with Gasteiger partial charge < -0.3 is 19.2 Å². The number of para-hydroxylation sites is 1. The first-order valence-corrected chi connectivity index (χ1v) is 9.80. The second-order valence-corrected chi connectivity index (χ2v) is 7.28. The van der Waals surface area contributed by atoms with E-state index in [4.69, 9.17) is 4.42 Å². The van der Waals surface area contributed by atoms with Crippen molar-refractivity contribution < 1.29 is 14.0 Å². The van der Waals surface area contributed by atoms with Crippen LogP contribution in [0.2, 0.25) is 0 Å². The van der Waals surface area contributed by atoms with Gasteiger partial charge in [-0.2, -0.15) is 0 Å². The van der Waals surface area contributed by atoms with Crippen molar-refractivity contribution in [3.63, 3.8) is 0 Å². The molecule has 1 fully saturated rings. The van der Waals surface area contributed by atoms with Gasteiger partial charge in [0, 0.05) is 42.8 Å². The van der Waals surface area contributed by atoms with Gasteiger partial charge >= 0.3 is 0 Å². The molecule has 4 rings (SSSR count). The first-order chi connectivity index (χ1) is 13.6. The topological polar surface area (TPSA) is 67.5 Å². The highest BCUT2D eigenvalue weighted by atomic mass is 16.3. The molecule has 2 amide bonds. The zero-order valence-electron chi connectivity index (χ0n) is 16.3. The van der Waals surface area contributed by atoms with E-state index in [1.165, 1.54) is 6.26 Å². The molecule has 0 saturated carbocycles. The number of nitrogens with zero attached hydrogens (tertiary/aromatic N) is 2. The smallest absolute Gasteiger partial charge is 0.256 e. The van der Waals surface area contributed by atoms with Gasteiger partial charge in [0.2, 0.25) is 0 Å². The summed E-state index contributed by atoms with van der Waals surface area (Å²) in [6.07, 6.45) is 4.99. The fourth-order valence-corrected chi connectivity index (χ4v) is 3.96. The number of aryl methyl sites for hydroxylation is 2. The number of likely N-dealkylation sites (tertiary alicyclic amines) is 1. The van der Waals surface area contributed by atoms with Crippen LogP contribution in [-0.4, -0.2) is 40.4 Å². The van der Waals surface area contributed by atoms with E-state index in [1.807, 2.05) is 29.3 Å². The number of amides is 2. The average Bonchev–Trinajstić information content (AvgIpc) is 3.31. The molecule has 6 heteroatoms. The summed E-state index contributed by atoms with van der Waals surface area (Å²) in [5, 5.41) is 4.06. The summed E-state index contributed by atoms with van der Waals surface area (Å²) in [5.74, 6) is 0.582. The molecule has 2 aromatic heterocycles. The van der Waals surface area contributed by atoms with Crippen molar-refractivity contribution in [2.45, 2.75) is 39.3 Å². The molecule has 1 aromatic carbocycles. The van der Waals surface area contributed by atoms with Gasteiger partial charge in [-0.3, -0.25) is 9.59 Å². The van der Waals surface area contributed by atoms with Crippen LogP contribution >= 0.6 is 0 Å². The van der Waals surface area contributed by atoms with Gasteiger partial charge in [0.1, 0.15) is 5.76 Å². The third-order valence-electron chi connectivity index (χ3n) is 5.58. The summed E-state index contributed by atoms with van der Waals surface area (Å²) in [4.78, 5) is 27.4. The quantitative estimate of drug-likeness (QED) is 0.753. The molecule has 1 N–H and O–H groups in total. The van der Waals surface area contributed by atoms with Gasteiger partial charge in [-0.1, -0.05) is 18.2 Å². The zero-order valence-corrected chi connectivity index (χ0v) is 16.3. The fourth-order valence-electron chi connectivity index (χ4n) is 3.96. The van der Waals surface area contributed by atoms with E-state index in [0.717, 1.165) is 35.9 Å². The Labute approximate surface area is 164 Å². The molecular formula is C22H25N3O3. The third kappa shape index (κ3) is 3.30. The Morgan fingerprint density at radius 2 is 1.89 bits per heavy atom. The number of hydrogen-bond donors (Lipinski definition) is 1. The van der Waals surface area contributed by atoms with Crippen LogP contribution in [0.1, 0.15) is 46.2 Å². The van der Waals surface area contributed by atoms with Gasteiger partial charge in [-0.25, -0.2) is 0 Å². The van der Waals surface area contributed by atoms with Crippen LogP contribution in [0.25, 0.3) is 10.9 Å². The maximum Gasteiger partial charge on any atom is 0.256 e. The number of carbonyl (C=O) groups is 2. The maximum atomic E-state index is 13.1. The Morgan fingerprint density at radius 3 is 2.57 bits per heavy atom. The Bertz CT molecular complexity index is 1010. The van der Waals surface area contributed by atoms with Crippen LogP contribution in [0.4, 0.5) is 0 Å². The van der Waals surface area contributed by atoms with Crippen molar-refractivity contribution in [3.05, 3.63) is 59.7 Å². The Hall–Kier alpha value is -3.02. The number of rotatable bonds is 4. The molecule has 0 bridgehead atoms. The third-order valence-corrected chi connectivity index (χ3v) is 5.58. The summed E-state index contributed by atoms with van der Waals surface area (Å²) in [6.45, 7) is 5.97. The lowest BCUT2D eigenvalue weighted by molar-refractivity contribution is 0.0699. The van der Waals surface area contributed by atoms with Crippen LogP contribution in [0.15, 0.2) is 47.2 Å². The lowest BCUT2D eigenvalue weighted by Gasteiger charge is -2.32. The van der Waals surface area contributed by atoms with Gasteiger partial charge in [0.15, 0.2) is 0 Å². The first kappa shape index (κ1) is 18.3. The van der Waals surface area contributed by atoms with E-state index in [1.54, 1.807) is 13.0 Å². The van der Waals surface area contributed by atoms with Crippen molar-refractivity contribution in [2.75, 3.05) is 13.1 Å². The van der Waals surface area contributed by atoms with Crippen LogP contribution < -0.4 is 5.32 Å².